The van der Waals surface area contributed by atoms with E-state index in [1.807, 2.05) is 46.3 Å². The van der Waals surface area contributed by atoms with Crippen molar-refractivity contribution >= 4 is 35.1 Å². The average molecular weight is 373 g/mol. The molecule has 25 heavy (non-hydrogen) atoms. The van der Waals surface area contributed by atoms with Crippen LogP contribution in [0.5, 0.6) is 11.5 Å². The zero-order valence-electron chi connectivity index (χ0n) is 13.7. The van der Waals surface area contributed by atoms with Gasteiger partial charge in [-0.05, 0) is 41.6 Å². The number of carbonyl (C=O) groups excluding carboxylic acids is 1. The number of ether oxygens (including phenoxy) is 2. The van der Waals surface area contributed by atoms with Crippen molar-refractivity contribution in [2.24, 2.45) is 0 Å². The second-order valence-corrected chi connectivity index (χ2v) is 8.22. The lowest BCUT2D eigenvalue weighted by molar-refractivity contribution is -0.125. The predicted octanol–water partition coefficient (Wildman–Crippen LogP) is 4.20. The number of rotatable bonds is 3. The molecule has 1 fully saturated rings. The predicted molar refractivity (Wildman–Crippen MR) is 102 cm³/mol. The van der Waals surface area contributed by atoms with Crippen LogP contribution in [0.15, 0.2) is 41.8 Å². The summed E-state index contributed by atoms with van der Waals surface area (Å²) >= 11 is 3.55. The summed E-state index contributed by atoms with van der Waals surface area (Å²) in [5, 5.41) is 2.40. The molecule has 2 aliphatic heterocycles. The van der Waals surface area contributed by atoms with Gasteiger partial charge < -0.3 is 14.4 Å². The van der Waals surface area contributed by atoms with Crippen LogP contribution in [0.25, 0.3) is 6.08 Å². The van der Waals surface area contributed by atoms with E-state index in [0.29, 0.717) is 12.0 Å². The van der Waals surface area contributed by atoms with Gasteiger partial charge in [-0.15, -0.1) is 11.3 Å². The molecule has 1 amide bonds. The maximum absolute atomic E-state index is 12.4. The number of hydrogen-bond donors (Lipinski definition) is 0. The first-order valence-corrected chi connectivity index (χ1v) is 10.2. The zero-order valence-corrected chi connectivity index (χ0v) is 15.4. The minimum absolute atomic E-state index is 0.0975. The largest absolute Gasteiger partial charge is 0.454 e. The van der Waals surface area contributed by atoms with Gasteiger partial charge in [0.2, 0.25) is 12.7 Å². The Labute approximate surface area is 155 Å². The second kappa shape index (κ2) is 7.54. The molecule has 0 radical (unpaired) electrons. The Morgan fingerprint density at radius 1 is 1.20 bits per heavy atom. The van der Waals surface area contributed by atoms with E-state index in [4.69, 9.17) is 9.47 Å². The number of nitrogens with zero attached hydrogens (tertiary/aromatic N) is 1. The highest BCUT2D eigenvalue weighted by Crippen LogP contribution is 2.40. The number of fused-ring (bicyclic) bond motifs is 1. The Kier molecular flexibility index (Phi) is 4.99. The van der Waals surface area contributed by atoms with E-state index in [-0.39, 0.29) is 5.91 Å². The summed E-state index contributed by atoms with van der Waals surface area (Å²) in [6.45, 7) is 1.87. The first kappa shape index (κ1) is 16.5. The Hall–Kier alpha value is -1.92. The molecule has 4 rings (SSSR count). The van der Waals surface area contributed by atoms with Crippen molar-refractivity contribution in [3.8, 4) is 11.5 Å². The van der Waals surface area contributed by atoms with Crippen LogP contribution < -0.4 is 9.47 Å². The molecule has 0 spiro atoms. The molecular formula is C19H19NO3S2. The highest BCUT2D eigenvalue weighted by Gasteiger charge is 2.23. The normalized spacial score (nSPS) is 20.0. The van der Waals surface area contributed by atoms with Crippen molar-refractivity contribution in [1.29, 1.82) is 0 Å². The monoisotopic (exact) mass is 373 g/mol. The topological polar surface area (TPSA) is 38.8 Å². The Morgan fingerprint density at radius 2 is 2.12 bits per heavy atom. The van der Waals surface area contributed by atoms with Crippen molar-refractivity contribution in [2.45, 2.75) is 11.7 Å². The molecule has 2 aliphatic rings. The van der Waals surface area contributed by atoms with Gasteiger partial charge >= 0.3 is 0 Å². The van der Waals surface area contributed by atoms with Crippen LogP contribution in [-0.4, -0.2) is 36.4 Å². The molecule has 6 heteroatoms. The van der Waals surface area contributed by atoms with Gasteiger partial charge in [0.05, 0.1) is 0 Å². The van der Waals surface area contributed by atoms with Crippen LogP contribution in [0, 0.1) is 0 Å². The number of thiophene rings is 1. The van der Waals surface area contributed by atoms with E-state index in [1.165, 1.54) is 5.56 Å². The summed E-state index contributed by atoms with van der Waals surface area (Å²) in [6.07, 6.45) is 4.54. The van der Waals surface area contributed by atoms with Gasteiger partial charge in [-0.1, -0.05) is 12.1 Å². The standard InChI is InChI=1S/C19H19NO3S2/c21-19(6-4-15-2-1-10-24-15)20-8-7-18(25-11-9-20)14-3-5-16-17(12-14)23-13-22-16/h1-6,10,12,18H,7-9,11,13H2/b6-4+. The maximum Gasteiger partial charge on any atom is 0.246 e. The molecule has 1 aromatic carbocycles. The third-order valence-electron chi connectivity index (χ3n) is 4.35. The van der Waals surface area contributed by atoms with Gasteiger partial charge in [-0.3, -0.25) is 4.79 Å². The molecule has 0 saturated carbocycles. The quantitative estimate of drug-likeness (QED) is 0.756. The number of carbonyl (C=O) groups is 1. The fourth-order valence-electron chi connectivity index (χ4n) is 3.01. The van der Waals surface area contributed by atoms with Gasteiger partial charge in [-0.25, -0.2) is 0 Å². The molecule has 130 valence electrons. The van der Waals surface area contributed by atoms with Crippen LogP contribution in [0.3, 0.4) is 0 Å². The van der Waals surface area contributed by atoms with Gasteiger partial charge in [0.15, 0.2) is 11.5 Å². The highest BCUT2D eigenvalue weighted by atomic mass is 32.2. The van der Waals surface area contributed by atoms with Crippen LogP contribution in [0.4, 0.5) is 0 Å². The summed E-state index contributed by atoms with van der Waals surface area (Å²) in [6, 6.07) is 10.2. The summed E-state index contributed by atoms with van der Waals surface area (Å²) in [7, 11) is 0. The zero-order chi connectivity index (χ0) is 17.1. The summed E-state index contributed by atoms with van der Waals surface area (Å²) in [5.74, 6) is 2.69. The highest BCUT2D eigenvalue weighted by molar-refractivity contribution is 7.99. The van der Waals surface area contributed by atoms with Crippen molar-refractivity contribution < 1.29 is 14.3 Å². The lowest BCUT2D eigenvalue weighted by Gasteiger charge is -2.18. The van der Waals surface area contributed by atoms with Gasteiger partial charge in [-0.2, -0.15) is 11.8 Å². The van der Waals surface area contributed by atoms with Crippen molar-refractivity contribution in [3.63, 3.8) is 0 Å². The fourth-order valence-corrected chi connectivity index (χ4v) is 4.85. The SMILES string of the molecule is O=C(/C=C/c1cccs1)N1CCSC(c2ccc3c(c2)OCO3)CC1. The smallest absolute Gasteiger partial charge is 0.246 e. The molecule has 1 unspecified atom stereocenters. The minimum atomic E-state index is 0.0975. The minimum Gasteiger partial charge on any atom is -0.454 e. The van der Waals surface area contributed by atoms with E-state index >= 15 is 0 Å². The molecule has 1 saturated heterocycles. The summed E-state index contributed by atoms with van der Waals surface area (Å²) < 4.78 is 10.9. The fraction of sp³-hybridized carbons (Fsp3) is 0.316. The van der Waals surface area contributed by atoms with Crippen LogP contribution in [0.1, 0.15) is 22.1 Å². The van der Waals surface area contributed by atoms with Gasteiger partial charge in [0.25, 0.3) is 0 Å². The van der Waals surface area contributed by atoms with E-state index in [1.54, 1.807) is 17.4 Å². The third-order valence-corrected chi connectivity index (χ3v) is 6.52. The van der Waals surface area contributed by atoms with E-state index in [9.17, 15) is 4.79 Å². The molecule has 0 bridgehead atoms. The molecular weight excluding hydrogens is 354 g/mol. The first-order chi connectivity index (χ1) is 12.3. The first-order valence-electron chi connectivity index (χ1n) is 8.31. The summed E-state index contributed by atoms with van der Waals surface area (Å²) in [4.78, 5) is 15.5. The second-order valence-electron chi connectivity index (χ2n) is 5.93. The Bertz CT molecular complexity index is 773. The van der Waals surface area contributed by atoms with Crippen molar-refractivity contribution in [3.05, 3.63) is 52.2 Å². The van der Waals surface area contributed by atoms with Crippen molar-refractivity contribution in [2.75, 3.05) is 25.6 Å². The molecule has 3 heterocycles. The third kappa shape index (κ3) is 3.85. The molecule has 0 aliphatic carbocycles. The molecule has 2 aromatic rings. The van der Waals surface area contributed by atoms with E-state index in [0.717, 1.165) is 41.6 Å². The van der Waals surface area contributed by atoms with Gasteiger partial charge in [0, 0.05) is 35.0 Å². The number of amides is 1. The van der Waals surface area contributed by atoms with E-state index < -0.39 is 0 Å². The van der Waals surface area contributed by atoms with Crippen LogP contribution in [-0.2, 0) is 4.79 Å². The lowest BCUT2D eigenvalue weighted by Crippen LogP contribution is -2.31. The molecule has 1 atom stereocenters. The molecule has 1 aromatic heterocycles. The van der Waals surface area contributed by atoms with Crippen LogP contribution in [0.2, 0.25) is 0 Å². The maximum atomic E-state index is 12.4. The Balaban J connectivity index is 1.39. The Morgan fingerprint density at radius 3 is 3.00 bits per heavy atom. The molecule has 0 N–H and O–H groups in total. The average Bonchev–Trinajstić information content (AvgIpc) is 3.26. The van der Waals surface area contributed by atoms with Gasteiger partial charge in [0.1, 0.15) is 0 Å². The van der Waals surface area contributed by atoms with E-state index in [2.05, 4.69) is 12.1 Å². The number of benzene rings is 1. The lowest BCUT2D eigenvalue weighted by atomic mass is 10.1. The summed E-state index contributed by atoms with van der Waals surface area (Å²) in [5.41, 5.74) is 1.25. The van der Waals surface area contributed by atoms with Crippen molar-refractivity contribution in [1.82, 2.24) is 4.90 Å². The number of hydrogen-bond acceptors (Lipinski definition) is 5. The molecule has 4 nitrogen and oxygen atoms in total. The number of thioether (sulfide) groups is 1. The van der Waals surface area contributed by atoms with Crippen LogP contribution >= 0.6 is 23.1 Å².